The Morgan fingerprint density at radius 2 is 2.21 bits per heavy atom. The monoisotopic (exact) mass is 283 g/mol. The number of fused-ring (bicyclic) bond motifs is 1. The van der Waals surface area contributed by atoms with E-state index in [1.54, 1.807) is 0 Å². The van der Waals surface area contributed by atoms with Crippen molar-refractivity contribution >= 4 is 29.2 Å². The van der Waals surface area contributed by atoms with Gasteiger partial charge in [0.1, 0.15) is 6.10 Å². The first-order valence-electron chi connectivity index (χ1n) is 5.64. The van der Waals surface area contributed by atoms with Gasteiger partial charge in [-0.1, -0.05) is 0 Å². The third-order valence-electron chi connectivity index (χ3n) is 2.86. The van der Waals surface area contributed by atoms with Gasteiger partial charge in [0, 0.05) is 17.5 Å². The summed E-state index contributed by atoms with van der Waals surface area (Å²) in [5.74, 6) is 0.440. The second-order valence-electron chi connectivity index (χ2n) is 4.12. The van der Waals surface area contributed by atoms with Crippen molar-refractivity contribution in [2.24, 2.45) is 0 Å². The van der Waals surface area contributed by atoms with Gasteiger partial charge in [0.15, 0.2) is 0 Å². The van der Waals surface area contributed by atoms with E-state index >= 15 is 0 Å². The molecule has 1 heterocycles. The average Bonchev–Trinajstić information content (AvgIpc) is 2.80. The minimum absolute atomic E-state index is 0.0732. The van der Waals surface area contributed by atoms with Crippen LogP contribution in [-0.4, -0.2) is 37.2 Å². The Balaban J connectivity index is 2.38. The fraction of sp³-hybridized carbons (Fsp3) is 0.364. The van der Waals surface area contributed by atoms with Crippen molar-refractivity contribution in [3.05, 3.63) is 34.0 Å². The highest BCUT2D eigenvalue weighted by atomic mass is 32.1. The number of hydrogen-bond donors (Lipinski definition) is 4. The molecule has 2 rings (SSSR count). The summed E-state index contributed by atoms with van der Waals surface area (Å²) in [7, 11) is 0. The summed E-state index contributed by atoms with van der Waals surface area (Å²) in [6, 6.07) is 4.15. The Morgan fingerprint density at radius 1 is 1.47 bits per heavy atom. The third kappa shape index (κ3) is 2.70. The molecule has 2 unspecified atom stereocenters. The number of aromatic amines is 1. The zero-order valence-corrected chi connectivity index (χ0v) is 10.7. The molecule has 0 aliphatic carbocycles. The van der Waals surface area contributed by atoms with Crippen LogP contribution in [-0.2, 0) is 0 Å². The Labute approximate surface area is 113 Å². The van der Waals surface area contributed by atoms with Crippen LogP contribution in [0.1, 0.15) is 18.2 Å². The summed E-state index contributed by atoms with van der Waals surface area (Å²) in [5.41, 5.74) is 0.649. The summed E-state index contributed by atoms with van der Waals surface area (Å²) in [6.45, 7) is 0. The molecule has 1 aromatic heterocycles. The number of aliphatic hydroxyl groups excluding tert-OH is 2. The number of aromatic nitrogens is 2. The molecular weight excluding hydrogens is 270 g/mol. The minimum Gasteiger partial charge on any atom is -0.390 e. The summed E-state index contributed by atoms with van der Waals surface area (Å²) >= 11 is 3.99. The molecule has 0 amide bonds. The van der Waals surface area contributed by atoms with E-state index in [0.29, 0.717) is 28.8 Å². The van der Waals surface area contributed by atoms with E-state index in [0.717, 1.165) is 0 Å². The molecule has 0 aliphatic rings. The molecule has 1 aromatic carbocycles. The molecule has 0 fully saturated rings. The molecule has 3 N–H and O–H groups in total. The molecular formula is C11H13N3O4S. The van der Waals surface area contributed by atoms with Gasteiger partial charge in [-0.25, -0.2) is 0 Å². The molecule has 0 saturated carbocycles. The smallest absolute Gasteiger partial charge is 0.271 e. The van der Waals surface area contributed by atoms with Crippen molar-refractivity contribution < 1.29 is 15.1 Å². The lowest BCUT2D eigenvalue weighted by atomic mass is 10.0. The molecule has 0 bridgehead atoms. The van der Waals surface area contributed by atoms with Crippen LogP contribution in [0, 0.1) is 10.1 Å². The number of non-ortho nitro benzene ring substituents is 1. The lowest BCUT2D eigenvalue weighted by Gasteiger charge is -2.15. The Morgan fingerprint density at radius 3 is 2.84 bits per heavy atom. The van der Waals surface area contributed by atoms with Crippen molar-refractivity contribution in [1.29, 1.82) is 0 Å². The second kappa shape index (κ2) is 5.55. The quantitative estimate of drug-likeness (QED) is 0.374. The van der Waals surface area contributed by atoms with E-state index in [9.17, 15) is 20.3 Å². The molecule has 2 aromatic rings. The number of aliphatic hydroxyl groups is 2. The molecule has 102 valence electrons. The van der Waals surface area contributed by atoms with Gasteiger partial charge in [-0.3, -0.25) is 15.2 Å². The van der Waals surface area contributed by atoms with Crippen LogP contribution in [0.25, 0.3) is 10.9 Å². The summed E-state index contributed by atoms with van der Waals surface area (Å²) in [4.78, 5) is 10.1. The average molecular weight is 283 g/mol. The highest BCUT2D eigenvalue weighted by molar-refractivity contribution is 7.80. The van der Waals surface area contributed by atoms with E-state index in [4.69, 9.17) is 0 Å². The highest BCUT2D eigenvalue weighted by Gasteiger charge is 2.22. The van der Waals surface area contributed by atoms with Crippen molar-refractivity contribution in [3.8, 4) is 0 Å². The predicted octanol–water partition coefficient (Wildman–Crippen LogP) is 1.19. The number of hydrogen-bond acceptors (Lipinski definition) is 6. The highest BCUT2D eigenvalue weighted by Crippen LogP contribution is 2.27. The Bertz CT molecular complexity index is 601. The molecule has 0 spiro atoms. The number of H-pyrrole nitrogens is 1. The number of nitro groups is 1. The lowest BCUT2D eigenvalue weighted by molar-refractivity contribution is -0.384. The van der Waals surface area contributed by atoms with Gasteiger partial charge >= 0.3 is 0 Å². The standard InChI is InChI=1S/C11H13N3O4S/c15-9(3-4-19)11(16)10-7-2-1-6(14(17)18)5-8(7)12-13-10/h1-2,5,9,11,15-16,19H,3-4H2,(H,12,13). The number of nitro benzene ring substituents is 1. The zero-order chi connectivity index (χ0) is 14.0. The van der Waals surface area contributed by atoms with Gasteiger partial charge in [-0.05, 0) is 18.2 Å². The van der Waals surface area contributed by atoms with Crippen molar-refractivity contribution in [3.63, 3.8) is 0 Å². The molecule has 0 radical (unpaired) electrons. The van der Waals surface area contributed by atoms with Crippen molar-refractivity contribution in [2.75, 3.05) is 5.75 Å². The van der Waals surface area contributed by atoms with Crippen LogP contribution in [0.4, 0.5) is 5.69 Å². The number of benzene rings is 1. The first-order chi connectivity index (χ1) is 9.04. The van der Waals surface area contributed by atoms with Crippen LogP contribution >= 0.6 is 12.6 Å². The second-order valence-corrected chi connectivity index (χ2v) is 4.57. The maximum absolute atomic E-state index is 10.6. The molecule has 2 atom stereocenters. The van der Waals surface area contributed by atoms with Crippen molar-refractivity contribution in [1.82, 2.24) is 10.2 Å². The van der Waals surface area contributed by atoms with Crippen LogP contribution in [0.5, 0.6) is 0 Å². The van der Waals surface area contributed by atoms with Gasteiger partial charge in [0.05, 0.1) is 22.2 Å². The molecule has 7 nitrogen and oxygen atoms in total. The van der Waals surface area contributed by atoms with E-state index in [-0.39, 0.29) is 5.69 Å². The Kier molecular flexibility index (Phi) is 4.03. The summed E-state index contributed by atoms with van der Waals surface area (Å²) in [6.07, 6.45) is -1.76. The first-order valence-corrected chi connectivity index (χ1v) is 6.27. The van der Waals surface area contributed by atoms with E-state index in [2.05, 4.69) is 22.8 Å². The topological polar surface area (TPSA) is 112 Å². The number of nitrogens with one attached hydrogen (secondary N) is 1. The van der Waals surface area contributed by atoms with Crippen LogP contribution < -0.4 is 0 Å². The fourth-order valence-electron chi connectivity index (χ4n) is 1.84. The van der Waals surface area contributed by atoms with Gasteiger partial charge in [0.2, 0.25) is 0 Å². The molecule has 8 heteroatoms. The van der Waals surface area contributed by atoms with Gasteiger partial charge in [-0.2, -0.15) is 17.7 Å². The first kappa shape index (κ1) is 13.8. The molecule has 19 heavy (non-hydrogen) atoms. The summed E-state index contributed by atoms with van der Waals surface area (Å²) < 4.78 is 0. The zero-order valence-electron chi connectivity index (χ0n) is 9.85. The number of thiol groups is 1. The maximum atomic E-state index is 10.6. The van der Waals surface area contributed by atoms with E-state index in [1.165, 1.54) is 18.2 Å². The van der Waals surface area contributed by atoms with Crippen LogP contribution in [0.3, 0.4) is 0 Å². The number of nitrogens with zero attached hydrogens (tertiary/aromatic N) is 2. The molecule has 0 saturated heterocycles. The van der Waals surface area contributed by atoms with Gasteiger partial charge < -0.3 is 10.2 Å². The van der Waals surface area contributed by atoms with Crippen LogP contribution in [0.15, 0.2) is 18.2 Å². The van der Waals surface area contributed by atoms with E-state index < -0.39 is 17.1 Å². The minimum atomic E-state index is -1.13. The van der Waals surface area contributed by atoms with Crippen molar-refractivity contribution in [2.45, 2.75) is 18.6 Å². The largest absolute Gasteiger partial charge is 0.390 e. The Hall–Kier alpha value is -1.64. The van der Waals surface area contributed by atoms with Crippen LogP contribution in [0.2, 0.25) is 0 Å². The fourth-order valence-corrected chi connectivity index (χ4v) is 2.11. The molecule has 0 aliphatic heterocycles. The normalized spacial score (nSPS) is 14.5. The predicted molar refractivity (Wildman–Crippen MR) is 72.2 cm³/mol. The van der Waals surface area contributed by atoms with E-state index in [1.807, 2.05) is 0 Å². The SMILES string of the molecule is O=[N+]([O-])c1ccc2c(C(O)C(O)CCS)[nH]nc2c1. The maximum Gasteiger partial charge on any atom is 0.271 e. The number of rotatable bonds is 5. The van der Waals surface area contributed by atoms with Gasteiger partial charge in [-0.15, -0.1) is 0 Å². The third-order valence-corrected chi connectivity index (χ3v) is 3.12. The van der Waals surface area contributed by atoms with Gasteiger partial charge in [0.25, 0.3) is 5.69 Å². The summed E-state index contributed by atoms with van der Waals surface area (Å²) in [5, 5.41) is 37.5. The lowest BCUT2D eigenvalue weighted by Crippen LogP contribution is -2.19.